The lowest BCUT2D eigenvalue weighted by atomic mass is 10.1. The molecular formula is C10H16N2OS. The van der Waals surface area contributed by atoms with Crippen LogP contribution in [0.25, 0.3) is 0 Å². The lowest BCUT2D eigenvalue weighted by Crippen LogP contribution is -2.44. The van der Waals surface area contributed by atoms with E-state index in [9.17, 15) is 0 Å². The van der Waals surface area contributed by atoms with Crippen LogP contribution in [0.3, 0.4) is 0 Å². The maximum atomic E-state index is 5.65. The van der Waals surface area contributed by atoms with Crippen molar-refractivity contribution in [2.45, 2.75) is 20.5 Å². The van der Waals surface area contributed by atoms with Crippen LogP contribution in [0.5, 0.6) is 0 Å². The fourth-order valence-corrected chi connectivity index (χ4v) is 2.37. The first-order valence-corrected chi connectivity index (χ1v) is 5.78. The number of rotatable bonds is 4. The normalized spacial score (nSPS) is 17.0. The van der Waals surface area contributed by atoms with Crippen LogP contribution >= 0.6 is 11.3 Å². The molecule has 1 N–H and O–H groups in total. The Morgan fingerprint density at radius 2 is 2.29 bits per heavy atom. The number of nitrogens with zero attached hydrogens (tertiary/aromatic N) is 1. The molecule has 1 aromatic heterocycles. The van der Waals surface area contributed by atoms with Gasteiger partial charge < -0.3 is 10.1 Å². The first-order chi connectivity index (χ1) is 6.75. The number of hydrogen-bond acceptors (Lipinski definition) is 4. The summed E-state index contributed by atoms with van der Waals surface area (Å²) in [7, 11) is 0. The first-order valence-electron chi connectivity index (χ1n) is 4.97. The molecule has 0 amide bonds. The quantitative estimate of drug-likeness (QED) is 0.821. The van der Waals surface area contributed by atoms with E-state index in [0.717, 1.165) is 42.9 Å². The van der Waals surface area contributed by atoms with Crippen LogP contribution in [0.15, 0.2) is 0 Å². The van der Waals surface area contributed by atoms with E-state index in [2.05, 4.69) is 10.3 Å². The molecule has 1 aliphatic rings. The summed E-state index contributed by atoms with van der Waals surface area (Å²) >= 11 is 1.74. The highest BCUT2D eigenvalue weighted by molar-refractivity contribution is 7.11. The lowest BCUT2D eigenvalue weighted by molar-refractivity contribution is 0.0701. The molecular weight excluding hydrogens is 196 g/mol. The standard InChI is InChI=1S/C10H16N2OS/c1-7-10(14-8(2)12-7)6-13-5-9-3-11-4-9/h9,11H,3-6H2,1-2H3. The smallest absolute Gasteiger partial charge is 0.0900 e. The number of nitrogens with one attached hydrogen (secondary N) is 1. The van der Waals surface area contributed by atoms with Crippen molar-refractivity contribution >= 4 is 11.3 Å². The molecule has 2 heterocycles. The molecule has 3 nitrogen and oxygen atoms in total. The average Bonchev–Trinajstić information content (AvgIpc) is 2.36. The summed E-state index contributed by atoms with van der Waals surface area (Å²) in [5.74, 6) is 0.726. The number of aromatic nitrogens is 1. The topological polar surface area (TPSA) is 34.1 Å². The fourth-order valence-electron chi connectivity index (χ4n) is 1.49. The van der Waals surface area contributed by atoms with E-state index in [1.165, 1.54) is 4.88 Å². The van der Waals surface area contributed by atoms with Gasteiger partial charge in [0.1, 0.15) is 0 Å². The molecule has 78 valence electrons. The van der Waals surface area contributed by atoms with Gasteiger partial charge in [-0.05, 0) is 13.8 Å². The van der Waals surface area contributed by atoms with Gasteiger partial charge in [0.25, 0.3) is 0 Å². The molecule has 0 atom stereocenters. The second kappa shape index (κ2) is 4.38. The summed E-state index contributed by atoms with van der Waals surface area (Å²) in [6.07, 6.45) is 0. The van der Waals surface area contributed by atoms with E-state index in [1.54, 1.807) is 11.3 Å². The minimum atomic E-state index is 0.726. The van der Waals surface area contributed by atoms with Crippen LogP contribution in [0, 0.1) is 19.8 Å². The summed E-state index contributed by atoms with van der Waals surface area (Å²) < 4.78 is 5.65. The zero-order valence-electron chi connectivity index (χ0n) is 8.67. The number of hydrogen-bond donors (Lipinski definition) is 1. The first kappa shape index (κ1) is 10.1. The Morgan fingerprint density at radius 1 is 1.50 bits per heavy atom. The molecule has 1 aromatic rings. The molecule has 4 heteroatoms. The lowest BCUT2D eigenvalue weighted by Gasteiger charge is -2.26. The maximum Gasteiger partial charge on any atom is 0.0900 e. The zero-order valence-corrected chi connectivity index (χ0v) is 9.49. The number of aryl methyl sites for hydroxylation is 2. The summed E-state index contributed by atoms with van der Waals surface area (Å²) in [5.41, 5.74) is 1.12. The molecule has 1 aliphatic heterocycles. The van der Waals surface area contributed by atoms with Crippen molar-refractivity contribution in [3.63, 3.8) is 0 Å². The highest BCUT2D eigenvalue weighted by Crippen LogP contribution is 2.18. The van der Waals surface area contributed by atoms with Gasteiger partial charge in [0, 0.05) is 19.0 Å². The van der Waals surface area contributed by atoms with Crippen LogP contribution in [0.2, 0.25) is 0 Å². The third-order valence-corrected chi connectivity index (χ3v) is 3.50. The SMILES string of the molecule is Cc1nc(C)c(COCC2CNC2)s1. The van der Waals surface area contributed by atoms with Crippen LogP contribution in [-0.2, 0) is 11.3 Å². The second-order valence-electron chi connectivity index (χ2n) is 3.78. The highest BCUT2D eigenvalue weighted by Gasteiger charge is 2.16. The molecule has 0 spiro atoms. The van der Waals surface area contributed by atoms with E-state index in [0.29, 0.717) is 0 Å². The number of ether oxygens (including phenoxy) is 1. The second-order valence-corrected chi connectivity index (χ2v) is 5.07. The van der Waals surface area contributed by atoms with E-state index in [1.807, 2.05) is 13.8 Å². The van der Waals surface area contributed by atoms with E-state index in [-0.39, 0.29) is 0 Å². The van der Waals surface area contributed by atoms with Crippen LogP contribution < -0.4 is 5.32 Å². The van der Waals surface area contributed by atoms with Gasteiger partial charge in [-0.3, -0.25) is 0 Å². The van der Waals surface area contributed by atoms with Gasteiger partial charge in [-0.2, -0.15) is 0 Å². The third-order valence-electron chi connectivity index (χ3n) is 2.45. The van der Waals surface area contributed by atoms with Crippen LogP contribution in [0.4, 0.5) is 0 Å². The maximum absolute atomic E-state index is 5.65. The van der Waals surface area contributed by atoms with Crippen LogP contribution in [0.1, 0.15) is 15.6 Å². The Morgan fingerprint density at radius 3 is 2.79 bits per heavy atom. The van der Waals surface area contributed by atoms with E-state index >= 15 is 0 Å². The Hall–Kier alpha value is -0.450. The van der Waals surface area contributed by atoms with Gasteiger partial charge in [0.15, 0.2) is 0 Å². The minimum Gasteiger partial charge on any atom is -0.375 e. The zero-order chi connectivity index (χ0) is 9.97. The molecule has 1 saturated heterocycles. The Labute approximate surface area is 88.5 Å². The molecule has 0 radical (unpaired) electrons. The summed E-state index contributed by atoms with van der Waals surface area (Å²) in [6.45, 7) is 7.92. The largest absolute Gasteiger partial charge is 0.375 e. The predicted octanol–water partition coefficient (Wildman–Crippen LogP) is 1.50. The summed E-state index contributed by atoms with van der Waals surface area (Å²) in [5, 5.41) is 4.37. The van der Waals surface area contributed by atoms with Gasteiger partial charge in [-0.15, -0.1) is 11.3 Å². The summed E-state index contributed by atoms with van der Waals surface area (Å²) in [6, 6.07) is 0. The van der Waals surface area contributed by atoms with Crippen molar-refractivity contribution in [3.8, 4) is 0 Å². The molecule has 0 saturated carbocycles. The van der Waals surface area contributed by atoms with Gasteiger partial charge in [-0.25, -0.2) is 4.98 Å². The van der Waals surface area contributed by atoms with E-state index in [4.69, 9.17) is 4.74 Å². The Balaban J connectivity index is 1.76. The molecule has 0 aliphatic carbocycles. The Bertz CT molecular complexity index is 307. The highest BCUT2D eigenvalue weighted by atomic mass is 32.1. The molecule has 1 fully saturated rings. The number of thiazole rings is 1. The Kier molecular flexibility index (Phi) is 3.15. The molecule has 0 unspecified atom stereocenters. The summed E-state index contributed by atoms with van der Waals surface area (Å²) in [4.78, 5) is 5.64. The van der Waals surface area contributed by atoms with Gasteiger partial charge >= 0.3 is 0 Å². The fraction of sp³-hybridized carbons (Fsp3) is 0.700. The molecule has 0 aromatic carbocycles. The van der Waals surface area contributed by atoms with Crippen molar-refractivity contribution in [1.82, 2.24) is 10.3 Å². The van der Waals surface area contributed by atoms with Crippen molar-refractivity contribution in [2.24, 2.45) is 5.92 Å². The average molecular weight is 212 g/mol. The molecule has 14 heavy (non-hydrogen) atoms. The van der Waals surface area contributed by atoms with Gasteiger partial charge in [0.05, 0.1) is 28.8 Å². The van der Waals surface area contributed by atoms with Gasteiger partial charge in [-0.1, -0.05) is 0 Å². The predicted molar refractivity (Wildman–Crippen MR) is 57.6 cm³/mol. The van der Waals surface area contributed by atoms with Crippen molar-refractivity contribution in [1.29, 1.82) is 0 Å². The third kappa shape index (κ3) is 2.32. The minimum absolute atomic E-state index is 0.726. The van der Waals surface area contributed by atoms with Crippen molar-refractivity contribution < 1.29 is 4.74 Å². The van der Waals surface area contributed by atoms with E-state index < -0.39 is 0 Å². The van der Waals surface area contributed by atoms with Gasteiger partial charge in [0.2, 0.25) is 0 Å². The molecule has 2 rings (SSSR count). The van der Waals surface area contributed by atoms with Crippen molar-refractivity contribution in [2.75, 3.05) is 19.7 Å². The van der Waals surface area contributed by atoms with Crippen LogP contribution in [-0.4, -0.2) is 24.7 Å². The van der Waals surface area contributed by atoms with Crippen molar-refractivity contribution in [3.05, 3.63) is 15.6 Å². The monoisotopic (exact) mass is 212 g/mol. The molecule has 0 bridgehead atoms.